The van der Waals surface area contributed by atoms with E-state index in [1.165, 1.54) is 24.3 Å². The van der Waals surface area contributed by atoms with Crippen molar-refractivity contribution in [2.75, 3.05) is 5.32 Å². The summed E-state index contributed by atoms with van der Waals surface area (Å²) in [6.45, 7) is 1.57. The maximum absolute atomic E-state index is 10.5. The van der Waals surface area contributed by atoms with Crippen LogP contribution < -0.4 is 5.32 Å². The van der Waals surface area contributed by atoms with Gasteiger partial charge in [0, 0.05) is 17.8 Å². The maximum Gasteiger partial charge on any atom is 0.269 e. The van der Waals surface area contributed by atoms with Gasteiger partial charge in [0.05, 0.1) is 11.0 Å². The number of hydrogen-bond acceptors (Lipinski definition) is 7. The molecular weight excluding hydrogens is 268 g/mol. The van der Waals surface area contributed by atoms with Gasteiger partial charge in [-0.05, 0) is 19.1 Å². The van der Waals surface area contributed by atoms with Gasteiger partial charge in [-0.15, -0.1) is 0 Å². The van der Waals surface area contributed by atoms with Crippen LogP contribution in [-0.4, -0.2) is 50.9 Å². The summed E-state index contributed by atoms with van der Waals surface area (Å²) in [5, 5.41) is 42.4. The molecular formula is C12H16N2O6. The number of aliphatic hydroxyl groups excluding tert-OH is 3. The van der Waals surface area contributed by atoms with Gasteiger partial charge >= 0.3 is 0 Å². The van der Waals surface area contributed by atoms with Crippen molar-refractivity contribution in [1.82, 2.24) is 0 Å². The lowest BCUT2D eigenvalue weighted by Crippen LogP contribution is -2.58. The Morgan fingerprint density at radius 3 is 2.30 bits per heavy atom. The van der Waals surface area contributed by atoms with Crippen LogP contribution in [0.5, 0.6) is 0 Å². The van der Waals surface area contributed by atoms with Crippen molar-refractivity contribution in [3.8, 4) is 0 Å². The van der Waals surface area contributed by atoms with Gasteiger partial charge in [0.15, 0.2) is 6.23 Å². The molecule has 110 valence electrons. The van der Waals surface area contributed by atoms with Crippen LogP contribution in [0.3, 0.4) is 0 Å². The minimum atomic E-state index is -1.32. The Hall–Kier alpha value is -1.74. The summed E-state index contributed by atoms with van der Waals surface area (Å²) in [5.74, 6) is 0. The van der Waals surface area contributed by atoms with Crippen LogP contribution in [0.4, 0.5) is 11.4 Å². The number of nitrogens with zero attached hydrogens (tertiary/aromatic N) is 1. The monoisotopic (exact) mass is 284 g/mol. The molecule has 0 unspecified atom stereocenters. The van der Waals surface area contributed by atoms with E-state index in [9.17, 15) is 25.4 Å². The summed E-state index contributed by atoms with van der Waals surface area (Å²) in [6, 6.07) is 5.56. The topological polar surface area (TPSA) is 125 Å². The Morgan fingerprint density at radius 1 is 1.15 bits per heavy atom. The van der Waals surface area contributed by atoms with Gasteiger partial charge in [-0.2, -0.15) is 0 Å². The van der Waals surface area contributed by atoms with E-state index in [1.54, 1.807) is 6.92 Å². The minimum absolute atomic E-state index is 0.0514. The standard InChI is InChI=1S/C12H16N2O6/c1-6-9(15)10(16)11(17)12(20-6)13-7-2-4-8(5-3-7)14(18)19/h2-6,9-13,15-17H,1H3/t6-,9-,10+,11+,12-/m1/s1. The van der Waals surface area contributed by atoms with Crippen molar-refractivity contribution in [3.63, 3.8) is 0 Å². The molecule has 0 saturated carbocycles. The highest BCUT2D eigenvalue weighted by atomic mass is 16.6. The van der Waals surface area contributed by atoms with E-state index in [-0.39, 0.29) is 5.69 Å². The summed E-state index contributed by atoms with van der Waals surface area (Å²) in [5.41, 5.74) is 0.444. The first kappa shape index (κ1) is 14.7. The summed E-state index contributed by atoms with van der Waals surface area (Å²) in [6.07, 6.45) is -5.36. The zero-order valence-corrected chi connectivity index (χ0v) is 10.7. The van der Waals surface area contributed by atoms with Crippen molar-refractivity contribution < 1.29 is 25.0 Å². The van der Waals surface area contributed by atoms with Gasteiger partial charge in [-0.25, -0.2) is 0 Å². The Morgan fingerprint density at radius 2 is 1.75 bits per heavy atom. The van der Waals surface area contributed by atoms with Gasteiger partial charge in [-0.3, -0.25) is 10.1 Å². The van der Waals surface area contributed by atoms with Gasteiger partial charge in [0.25, 0.3) is 5.69 Å². The number of ether oxygens (including phenoxy) is 1. The molecule has 0 aromatic heterocycles. The second-order valence-electron chi connectivity index (χ2n) is 4.68. The number of nitro groups is 1. The third kappa shape index (κ3) is 2.88. The van der Waals surface area contributed by atoms with Crippen molar-refractivity contribution in [1.29, 1.82) is 0 Å². The number of aliphatic hydroxyl groups is 3. The van der Waals surface area contributed by atoms with E-state index in [0.29, 0.717) is 5.69 Å². The molecule has 20 heavy (non-hydrogen) atoms. The number of hydrogen-bond donors (Lipinski definition) is 4. The normalized spacial score (nSPS) is 33.7. The second kappa shape index (κ2) is 5.71. The van der Waals surface area contributed by atoms with E-state index in [1.807, 2.05) is 0 Å². The summed E-state index contributed by atoms with van der Waals surface area (Å²) in [7, 11) is 0. The van der Waals surface area contributed by atoms with E-state index >= 15 is 0 Å². The number of nitrogens with one attached hydrogen (secondary N) is 1. The van der Waals surface area contributed by atoms with E-state index in [0.717, 1.165) is 0 Å². The van der Waals surface area contributed by atoms with E-state index in [2.05, 4.69) is 5.32 Å². The molecule has 8 heteroatoms. The molecule has 1 aliphatic rings. The molecule has 2 rings (SSSR count). The lowest BCUT2D eigenvalue weighted by Gasteiger charge is -2.39. The van der Waals surface area contributed by atoms with Crippen LogP contribution in [0.15, 0.2) is 24.3 Å². The molecule has 0 bridgehead atoms. The highest BCUT2D eigenvalue weighted by Gasteiger charge is 2.41. The zero-order chi connectivity index (χ0) is 14.9. The molecule has 1 aliphatic heterocycles. The fraction of sp³-hybridized carbons (Fsp3) is 0.500. The van der Waals surface area contributed by atoms with Crippen molar-refractivity contribution >= 4 is 11.4 Å². The second-order valence-corrected chi connectivity index (χ2v) is 4.68. The van der Waals surface area contributed by atoms with Gasteiger partial charge in [0.2, 0.25) is 0 Å². The van der Waals surface area contributed by atoms with Crippen LogP contribution in [-0.2, 0) is 4.74 Å². The minimum Gasteiger partial charge on any atom is -0.388 e. The molecule has 0 aliphatic carbocycles. The summed E-state index contributed by atoms with van der Waals surface area (Å²) < 4.78 is 5.36. The first-order valence-corrected chi connectivity index (χ1v) is 6.11. The molecule has 0 amide bonds. The first-order chi connectivity index (χ1) is 9.40. The number of non-ortho nitro benzene ring substituents is 1. The lowest BCUT2D eigenvalue weighted by atomic mass is 9.99. The van der Waals surface area contributed by atoms with Crippen molar-refractivity contribution in [2.24, 2.45) is 0 Å². The largest absolute Gasteiger partial charge is 0.388 e. The molecule has 4 N–H and O–H groups in total. The van der Waals surface area contributed by atoms with E-state index in [4.69, 9.17) is 4.74 Å². The average molecular weight is 284 g/mol. The fourth-order valence-electron chi connectivity index (χ4n) is 2.01. The fourth-order valence-corrected chi connectivity index (χ4v) is 2.01. The molecule has 1 aromatic carbocycles. The summed E-state index contributed by atoms with van der Waals surface area (Å²) in [4.78, 5) is 10.0. The van der Waals surface area contributed by atoms with Crippen LogP contribution >= 0.6 is 0 Å². The van der Waals surface area contributed by atoms with Crippen molar-refractivity contribution in [2.45, 2.75) is 37.6 Å². The van der Waals surface area contributed by atoms with Gasteiger partial charge in [-0.1, -0.05) is 0 Å². The van der Waals surface area contributed by atoms with Crippen LogP contribution in [0.25, 0.3) is 0 Å². The Bertz CT molecular complexity index is 479. The molecule has 8 nitrogen and oxygen atoms in total. The van der Waals surface area contributed by atoms with Gasteiger partial charge < -0.3 is 25.4 Å². The first-order valence-electron chi connectivity index (χ1n) is 6.11. The SMILES string of the molecule is C[C@H]1O[C@@H](Nc2ccc([N+](=O)[O-])cc2)[C@@H](O)[C@@H](O)[C@@H]1O. The Kier molecular flexibility index (Phi) is 4.19. The maximum atomic E-state index is 10.5. The molecule has 5 atom stereocenters. The van der Waals surface area contributed by atoms with Gasteiger partial charge in [0.1, 0.15) is 18.3 Å². The Balaban J connectivity index is 2.07. The lowest BCUT2D eigenvalue weighted by molar-refractivity contribution is -0.384. The predicted molar refractivity (Wildman–Crippen MR) is 69.1 cm³/mol. The average Bonchev–Trinajstić information content (AvgIpc) is 2.43. The molecule has 1 aromatic rings. The number of anilines is 1. The number of nitro benzene ring substituents is 1. The van der Waals surface area contributed by atoms with Crippen molar-refractivity contribution in [3.05, 3.63) is 34.4 Å². The molecule has 0 radical (unpaired) electrons. The Labute approximate surface area is 114 Å². The molecule has 1 fully saturated rings. The number of benzene rings is 1. The summed E-state index contributed by atoms with van der Waals surface area (Å²) >= 11 is 0. The van der Waals surface area contributed by atoms with Crippen LogP contribution in [0.2, 0.25) is 0 Å². The quantitative estimate of drug-likeness (QED) is 0.448. The predicted octanol–water partition coefficient (Wildman–Crippen LogP) is -0.166. The number of rotatable bonds is 3. The smallest absolute Gasteiger partial charge is 0.269 e. The van der Waals surface area contributed by atoms with Crippen LogP contribution in [0.1, 0.15) is 6.92 Å². The van der Waals surface area contributed by atoms with E-state index < -0.39 is 35.6 Å². The third-order valence-corrected chi connectivity index (χ3v) is 3.24. The zero-order valence-electron chi connectivity index (χ0n) is 10.7. The highest BCUT2D eigenvalue weighted by molar-refractivity contribution is 5.49. The highest BCUT2D eigenvalue weighted by Crippen LogP contribution is 2.23. The molecule has 1 saturated heterocycles. The third-order valence-electron chi connectivity index (χ3n) is 3.24. The molecule has 1 heterocycles. The van der Waals surface area contributed by atoms with Crippen LogP contribution in [0, 0.1) is 10.1 Å². The molecule has 0 spiro atoms.